The highest BCUT2D eigenvalue weighted by atomic mass is 35.5. The molecule has 2 aromatic heterocycles. The molecule has 0 aromatic carbocycles. The van der Waals surface area contributed by atoms with Gasteiger partial charge in [-0.1, -0.05) is 17.7 Å². The van der Waals surface area contributed by atoms with Crippen LogP contribution in [-0.2, 0) is 19.4 Å². The molecule has 6 nitrogen and oxygen atoms in total. The number of rotatable bonds is 6. The Hall–Kier alpha value is -1.91. The average Bonchev–Trinajstić information content (AvgIpc) is 3.50. The number of pyridine rings is 1. The molecule has 30 heavy (non-hydrogen) atoms. The normalized spacial score (nSPS) is 18.1. The second-order valence-corrected chi connectivity index (χ2v) is 8.36. The van der Waals surface area contributed by atoms with Gasteiger partial charge >= 0.3 is 6.18 Å². The third kappa shape index (κ3) is 4.40. The van der Waals surface area contributed by atoms with Crippen molar-refractivity contribution >= 4 is 29.6 Å². The van der Waals surface area contributed by atoms with E-state index < -0.39 is 11.7 Å². The zero-order valence-electron chi connectivity index (χ0n) is 16.3. The summed E-state index contributed by atoms with van der Waals surface area (Å²) in [6, 6.07) is 0.932. The van der Waals surface area contributed by atoms with Crippen LogP contribution in [0.4, 0.5) is 19.0 Å². The lowest BCUT2D eigenvalue weighted by molar-refractivity contribution is -0.137. The lowest BCUT2D eigenvalue weighted by atomic mass is 10.2. The van der Waals surface area contributed by atoms with Crippen molar-refractivity contribution in [3.8, 4) is 0 Å². The van der Waals surface area contributed by atoms with Crippen molar-refractivity contribution in [1.82, 2.24) is 24.2 Å². The smallest absolute Gasteiger partial charge is 0.353 e. The van der Waals surface area contributed by atoms with Gasteiger partial charge in [-0.2, -0.15) is 18.3 Å². The van der Waals surface area contributed by atoms with Gasteiger partial charge in [-0.3, -0.25) is 9.47 Å². The predicted octanol–water partition coefficient (Wildman–Crippen LogP) is 4.32. The Morgan fingerprint density at radius 2 is 1.93 bits per heavy atom. The molecule has 1 saturated heterocycles. The maximum atomic E-state index is 12.8. The van der Waals surface area contributed by atoms with Crippen molar-refractivity contribution in [1.29, 1.82) is 0 Å². The van der Waals surface area contributed by atoms with Crippen LogP contribution in [0.3, 0.4) is 0 Å². The van der Waals surface area contributed by atoms with E-state index in [-0.39, 0.29) is 5.02 Å². The number of hydrogen-bond donors (Lipinski definition) is 0. The Bertz CT molecular complexity index is 989. The Balaban J connectivity index is 1.42. The summed E-state index contributed by atoms with van der Waals surface area (Å²) in [4.78, 5) is 8.08. The van der Waals surface area contributed by atoms with Gasteiger partial charge in [0, 0.05) is 44.8 Å². The molecule has 4 rings (SSSR count). The maximum absolute atomic E-state index is 12.8. The molecule has 0 radical (unpaired) electrons. The molecule has 2 aromatic rings. The van der Waals surface area contributed by atoms with E-state index in [0.29, 0.717) is 55.9 Å². The Morgan fingerprint density at radius 1 is 1.23 bits per heavy atom. The number of alkyl halides is 3. The van der Waals surface area contributed by atoms with Gasteiger partial charge in [-0.25, -0.2) is 9.67 Å². The van der Waals surface area contributed by atoms with E-state index in [9.17, 15) is 13.2 Å². The highest BCUT2D eigenvalue weighted by molar-refractivity contribution is 7.71. The first-order chi connectivity index (χ1) is 14.3. The topological polar surface area (TPSA) is 42.1 Å². The summed E-state index contributed by atoms with van der Waals surface area (Å²) in [5.74, 6) is 1.89. The SMILES string of the molecule is C=CCn1c(C2CC2)nn(CN2CCN(c3ncc(C(F)(F)F)cc3Cl)CC2)c1=S. The third-order valence-corrected chi connectivity index (χ3v) is 6.07. The van der Waals surface area contributed by atoms with Gasteiger partial charge < -0.3 is 4.90 Å². The minimum atomic E-state index is -4.46. The summed E-state index contributed by atoms with van der Waals surface area (Å²) in [6.07, 6.45) is 0.484. The molecular weight excluding hydrogens is 437 g/mol. The number of halogens is 4. The highest BCUT2D eigenvalue weighted by Gasteiger charge is 2.33. The predicted molar refractivity (Wildman–Crippen MR) is 111 cm³/mol. The molecule has 0 unspecified atom stereocenters. The lowest BCUT2D eigenvalue weighted by Gasteiger charge is -2.35. The molecular formula is C19H22ClF3N6S. The number of anilines is 1. The molecule has 2 fully saturated rings. The van der Waals surface area contributed by atoms with Gasteiger partial charge in [0.05, 0.1) is 17.3 Å². The molecule has 0 amide bonds. The van der Waals surface area contributed by atoms with Gasteiger partial charge in [-0.05, 0) is 31.1 Å². The summed E-state index contributed by atoms with van der Waals surface area (Å²) in [5.41, 5.74) is -0.842. The van der Waals surface area contributed by atoms with Gasteiger partial charge in [-0.15, -0.1) is 6.58 Å². The second-order valence-electron chi connectivity index (χ2n) is 7.59. The summed E-state index contributed by atoms with van der Waals surface area (Å²) in [6.45, 7) is 7.65. The van der Waals surface area contributed by atoms with Crippen LogP contribution in [0.5, 0.6) is 0 Å². The summed E-state index contributed by atoms with van der Waals surface area (Å²) in [7, 11) is 0. The zero-order valence-corrected chi connectivity index (χ0v) is 17.8. The Morgan fingerprint density at radius 3 is 2.50 bits per heavy atom. The quantitative estimate of drug-likeness (QED) is 0.476. The molecule has 0 N–H and O–H groups in total. The van der Waals surface area contributed by atoms with E-state index in [4.69, 9.17) is 28.9 Å². The lowest BCUT2D eigenvalue weighted by Crippen LogP contribution is -2.47. The van der Waals surface area contributed by atoms with Gasteiger partial charge in [0.25, 0.3) is 0 Å². The van der Waals surface area contributed by atoms with Crippen LogP contribution in [0.25, 0.3) is 0 Å². The molecule has 0 spiro atoms. The number of allylic oxidation sites excluding steroid dienone is 1. The van der Waals surface area contributed by atoms with Crippen molar-refractivity contribution in [2.75, 3.05) is 31.1 Å². The molecule has 162 valence electrons. The maximum Gasteiger partial charge on any atom is 0.417 e. The van der Waals surface area contributed by atoms with Crippen LogP contribution in [0, 0.1) is 4.77 Å². The summed E-state index contributed by atoms with van der Waals surface area (Å²) < 4.78 is 43.0. The van der Waals surface area contributed by atoms with Crippen molar-refractivity contribution in [2.24, 2.45) is 0 Å². The first-order valence-corrected chi connectivity index (χ1v) is 10.5. The minimum Gasteiger partial charge on any atom is -0.353 e. The molecule has 1 aliphatic carbocycles. The molecule has 0 bridgehead atoms. The van der Waals surface area contributed by atoms with Crippen molar-refractivity contribution in [3.63, 3.8) is 0 Å². The third-order valence-electron chi connectivity index (χ3n) is 5.36. The van der Waals surface area contributed by atoms with Gasteiger partial charge in [0.2, 0.25) is 0 Å². The van der Waals surface area contributed by atoms with Crippen LogP contribution in [0.1, 0.15) is 30.1 Å². The van der Waals surface area contributed by atoms with Crippen LogP contribution in [0.2, 0.25) is 5.02 Å². The van der Waals surface area contributed by atoms with E-state index in [0.717, 1.165) is 30.9 Å². The zero-order chi connectivity index (χ0) is 21.5. The molecule has 3 heterocycles. The Kier molecular flexibility index (Phi) is 5.91. The van der Waals surface area contributed by atoms with E-state index in [1.807, 2.05) is 20.2 Å². The van der Waals surface area contributed by atoms with E-state index >= 15 is 0 Å². The monoisotopic (exact) mass is 458 g/mol. The number of nitrogens with zero attached hydrogens (tertiary/aromatic N) is 6. The van der Waals surface area contributed by atoms with Crippen LogP contribution in [-0.4, -0.2) is 50.4 Å². The van der Waals surface area contributed by atoms with Gasteiger partial charge in [0.1, 0.15) is 11.6 Å². The van der Waals surface area contributed by atoms with Crippen molar-refractivity contribution in [2.45, 2.75) is 38.1 Å². The minimum absolute atomic E-state index is 0.0118. The molecule has 2 aliphatic rings. The van der Waals surface area contributed by atoms with E-state index in [2.05, 4.69) is 16.5 Å². The first kappa shape index (κ1) is 21.3. The standard InChI is InChI=1S/C19H22ClF3N6S/c1-2-5-28-16(13-3-4-13)25-29(18(28)30)12-26-6-8-27(9-7-26)17-15(20)10-14(11-24-17)19(21,22)23/h2,10-11,13H,1,3-9,12H2. The fourth-order valence-electron chi connectivity index (χ4n) is 3.60. The average molecular weight is 459 g/mol. The van der Waals surface area contributed by atoms with E-state index in [1.165, 1.54) is 0 Å². The summed E-state index contributed by atoms with van der Waals surface area (Å²) >= 11 is 11.7. The van der Waals surface area contributed by atoms with Crippen molar-refractivity contribution in [3.05, 3.63) is 46.1 Å². The van der Waals surface area contributed by atoms with E-state index in [1.54, 1.807) is 0 Å². The van der Waals surface area contributed by atoms with Crippen molar-refractivity contribution < 1.29 is 13.2 Å². The highest BCUT2D eigenvalue weighted by Crippen LogP contribution is 2.39. The molecule has 0 atom stereocenters. The van der Waals surface area contributed by atoms with Crippen LogP contribution < -0.4 is 4.90 Å². The largest absolute Gasteiger partial charge is 0.417 e. The van der Waals surface area contributed by atoms with Crippen LogP contribution in [0.15, 0.2) is 24.9 Å². The Labute approximate surface area is 182 Å². The number of piperazine rings is 1. The fourth-order valence-corrected chi connectivity index (χ4v) is 4.16. The van der Waals surface area contributed by atoms with Gasteiger partial charge in [0.15, 0.2) is 4.77 Å². The van der Waals surface area contributed by atoms with Crippen LogP contribution >= 0.6 is 23.8 Å². The molecule has 1 aliphatic heterocycles. The number of aromatic nitrogens is 4. The summed E-state index contributed by atoms with van der Waals surface area (Å²) in [5, 5.41) is 4.75. The second kappa shape index (κ2) is 8.32. The molecule has 1 saturated carbocycles. The number of hydrogen-bond acceptors (Lipinski definition) is 5. The molecule has 11 heteroatoms. The fraction of sp³-hybridized carbons (Fsp3) is 0.526. The first-order valence-electron chi connectivity index (χ1n) is 9.76.